The molecule has 0 fully saturated rings. The molecule has 0 heterocycles. The van der Waals surface area contributed by atoms with E-state index in [2.05, 4.69) is 21.9 Å². The van der Waals surface area contributed by atoms with Crippen molar-refractivity contribution in [3.8, 4) is 11.1 Å². The van der Waals surface area contributed by atoms with Crippen molar-refractivity contribution in [2.75, 3.05) is 19.8 Å². The number of aliphatic carboxylic acids is 1. The van der Waals surface area contributed by atoms with Crippen LogP contribution in [0.5, 0.6) is 0 Å². The molecule has 0 saturated heterocycles. The molecule has 1 aliphatic carbocycles. The molecule has 0 bridgehead atoms. The van der Waals surface area contributed by atoms with Crippen LogP contribution in [0.1, 0.15) is 29.9 Å². The Morgan fingerprint density at radius 1 is 0.971 bits per heavy atom. The van der Waals surface area contributed by atoms with E-state index in [1.54, 1.807) is 0 Å². The Bertz CT molecular complexity index is 1060. The van der Waals surface area contributed by atoms with Crippen molar-refractivity contribution in [3.05, 3.63) is 72.3 Å². The minimum Gasteiger partial charge on any atom is -0.480 e. The highest BCUT2D eigenvalue weighted by molar-refractivity contribution is 5.92. The van der Waals surface area contributed by atoms with Crippen molar-refractivity contribution < 1.29 is 33.8 Å². The number of fused-ring (bicyclic) bond motifs is 3. The molecular weight excluding hydrogens is 454 g/mol. The van der Waals surface area contributed by atoms with Gasteiger partial charge < -0.3 is 25.2 Å². The van der Waals surface area contributed by atoms with E-state index in [1.165, 1.54) is 6.08 Å². The van der Waals surface area contributed by atoms with Gasteiger partial charge in [-0.15, -0.1) is 0 Å². The van der Waals surface area contributed by atoms with E-state index in [4.69, 9.17) is 4.74 Å². The van der Waals surface area contributed by atoms with Crippen molar-refractivity contribution >= 4 is 24.2 Å². The van der Waals surface area contributed by atoms with E-state index >= 15 is 0 Å². The Morgan fingerprint density at radius 3 is 2.20 bits per heavy atom. The highest BCUT2D eigenvalue weighted by Gasteiger charge is 2.29. The molecule has 184 valence electrons. The summed E-state index contributed by atoms with van der Waals surface area (Å²) in [7, 11) is 0. The molecule has 10 nitrogen and oxygen atoms in total. The van der Waals surface area contributed by atoms with Crippen molar-refractivity contribution in [2.45, 2.75) is 24.8 Å². The van der Waals surface area contributed by atoms with Crippen LogP contribution in [-0.2, 0) is 14.3 Å². The number of rotatable bonds is 10. The Balaban J connectivity index is 1.41. The molecule has 1 unspecified atom stereocenters. The first kappa shape index (κ1) is 25.3. The Labute approximate surface area is 202 Å². The van der Waals surface area contributed by atoms with Crippen molar-refractivity contribution in [3.63, 3.8) is 0 Å². The summed E-state index contributed by atoms with van der Waals surface area (Å²) in [6.07, 6.45) is -0.0460. The maximum Gasteiger partial charge on any atom is 0.415 e. The molecule has 0 radical (unpaired) electrons. The van der Waals surface area contributed by atoms with Crippen LogP contribution >= 0.6 is 0 Å². The number of nitrogens with one attached hydrogen (secondary N) is 3. The van der Waals surface area contributed by atoms with Crippen LogP contribution in [0.15, 0.2) is 61.2 Å². The highest BCUT2D eigenvalue weighted by atomic mass is 16.6. The number of imide groups is 1. The van der Waals surface area contributed by atoms with Gasteiger partial charge in [0.1, 0.15) is 19.3 Å². The minimum atomic E-state index is -1.28. The summed E-state index contributed by atoms with van der Waals surface area (Å²) in [6, 6.07) is 13.7. The van der Waals surface area contributed by atoms with Gasteiger partial charge >= 0.3 is 24.2 Å². The molecule has 10 heteroatoms. The summed E-state index contributed by atoms with van der Waals surface area (Å²) < 4.78 is 10.0. The molecule has 0 saturated carbocycles. The van der Waals surface area contributed by atoms with Crippen molar-refractivity contribution in [2.24, 2.45) is 0 Å². The number of urea groups is 1. The molecule has 2 aromatic rings. The van der Waals surface area contributed by atoms with Gasteiger partial charge in [0.2, 0.25) is 0 Å². The van der Waals surface area contributed by atoms with Gasteiger partial charge in [-0.05, 0) is 35.1 Å². The van der Waals surface area contributed by atoms with Gasteiger partial charge in [-0.25, -0.2) is 24.5 Å². The smallest absolute Gasteiger partial charge is 0.415 e. The SMILES string of the molecule is C=CCOC(=O)NC(=O)NC(CCCNC(=O)OCC1c2ccccc2-c2ccccc21)C(=O)O. The predicted octanol–water partition coefficient (Wildman–Crippen LogP) is 3.38. The second-order valence-electron chi connectivity index (χ2n) is 7.77. The van der Waals surface area contributed by atoms with Gasteiger partial charge in [-0.2, -0.15) is 0 Å². The lowest BCUT2D eigenvalue weighted by molar-refractivity contribution is -0.139. The minimum absolute atomic E-state index is 0.0219. The summed E-state index contributed by atoms with van der Waals surface area (Å²) in [5.74, 6) is -1.34. The van der Waals surface area contributed by atoms with E-state index in [9.17, 15) is 24.3 Å². The number of ether oxygens (including phenoxy) is 2. The van der Waals surface area contributed by atoms with Crippen molar-refractivity contribution in [1.29, 1.82) is 0 Å². The van der Waals surface area contributed by atoms with Gasteiger partial charge in [0.25, 0.3) is 0 Å². The van der Waals surface area contributed by atoms with E-state index in [0.29, 0.717) is 0 Å². The molecule has 4 amide bonds. The molecule has 0 aliphatic heterocycles. The summed E-state index contributed by atoms with van der Waals surface area (Å²) in [4.78, 5) is 46.7. The standard InChI is InChI=1S/C25H27N3O7/c1-2-14-34-25(33)28-23(31)27-21(22(29)30)12-7-13-26-24(32)35-15-20-18-10-5-3-8-16(18)17-9-4-6-11-19(17)20/h2-6,8-11,20-21H,1,7,12-15H2,(H,26,32)(H,29,30)(H2,27,28,31,33). The fourth-order valence-electron chi connectivity index (χ4n) is 3.86. The maximum absolute atomic E-state index is 12.2. The summed E-state index contributed by atoms with van der Waals surface area (Å²) in [5, 5.41) is 15.9. The number of benzene rings is 2. The van der Waals surface area contributed by atoms with Gasteiger partial charge in [0, 0.05) is 12.5 Å². The average Bonchev–Trinajstić information content (AvgIpc) is 3.16. The number of hydrogen-bond donors (Lipinski definition) is 4. The van der Waals surface area contributed by atoms with Crippen LogP contribution in [0, 0.1) is 0 Å². The highest BCUT2D eigenvalue weighted by Crippen LogP contribution is 2.44. The summed E-state index contributed by atoms with van der Waals surface area (Å²) in [6.45, 7) is 3.58. The van der Waals surface area contributed by atoms with E-state index in [0.717, 1.165) is 22.3 Å². The lowest BCUT2D eigenvalue weighted by Gasteiger charge is -2.16. The van der Waals surface area contributed by atoms with Crippen LogP contribution in [0.3, 0.4) is 0 Å². The van der Waals surface area contributed by atoms with Gasteiger partial charge in [-0.1, -0.05) is 61.2 Å². The zero-order valence-corrected chi connectivity index (χ0v) is 19.0. The van der Waals surface area contributed by atoms with E-state index in [1.807, 2.05) is 53.8 Å². The Hall–Kier alpha value is -4.34. The number of carbonyl (C=O) groups excluding carboxylic acids is 3. The lowest BCUT2D eigenvalue weighted by atomic mass is 9.98. The Kier molecular flexibility index (Phi) is 8.82. The molecule has 0 spiro atoms. The fraction of sp³-hybridized carbons (Fsp3) is 0.280. The Morgan fingerprint density at radius 2 is 1.60 bits per heavy atom. The molecule has 4 N–H and O–H groups in total. The first-order valence-corrected chi connectivity index (χ1v) is 11.1. The van der Waals surface area contributed by atoms with Crippen LogP contribution in [0.2, 0.25) is 0 Å². The first-order valence-electron chi connectivity index (χ1n) is 11.1. The zero-order valence-electron chi connectivity index (χ0n) is 19.0. The zero-order chi connectivity index (χ0) is 25.2. The second-order valence-corrected chi connectivity index (χ2v) is 7.77. The molecule has 1 aliphatic rings. The number of amides is 4. The third-order valence-corrected chi connectivity index (χ3v) is 5.43. The van der Waals surface area contributed by atoms with Gasteiger partial charge in [-0.3, -0.25) is 0 Å². The maximum atomic E-state index is 12.2. The monoisotopic (exact) mass is 481 g/mol. The van der Waals surface area contributed by atoms with Crippen molar-refractivity contribution in [1.82, 2.24) is 16.0 Å². The number of carboxylic acids is 1. The van der Waals surface area contributed by atoms with Crippen LogP contribution in [0.4, 0.5) is 14.4 Å². The molecule has 0 aromatic heterocycles. The number of hydrogen-bond acceptors (Lipinski definition) is 6. The van der Waals surface area contributed by atoms with Gasteiger partial charge in [0.05, 0.1) is 0 Å². The normalized spacial score (nSPS) is 12.5. The number of carbonyl (C=O) groups is 4. The quantitative estimate of drug-likeness (QED) is 0.301. The third kappa shape index (κ3) is 6.83. The number of carboxylic acid groups (broad SMARTS) is 1. The lowest BCUT2D eigenvalue weighted by Crippen LogP contribution is -2.48. The molecule has 2 aromatic carbocycles. The first-order chi connectivity index (χ1) is 16.9. The largest absolute Gasteiger partial charge is 0.480 e. The van der Waals surface area contributed by atoms with Crippen LogP contribution in [-0.4, -0.2) is 55.1 Å². The van der Waals surface area contributed by atoms with E-state index in [-0.39, 0.29) is 38.5 Å². The van der Waals surface area contributed by atoms with Crippen LogP contribution < -0.4 is 16.0 Å². The fourth-order valence-corrected chi connectivity index (χ4v) is 3.86. The molecular formula is C25H27N3O7. The molecule has 35 heavy (non-hydrogen) atoms. The third-order valence-electron chi connectivity index (χ3n) is 5.43. The van der Waals surface area contributed by atoms with Gasteiger partial charge in [0.15, 0.2) is 0 Å². The van der Waals surface area contributed by atoms with Crippen LogP contribution in [0.25, 0.3) is 11.1 Å². The number of alkyl carbamates (subject to hydrolysis) is 2. The molecule has 3 rings (SSSR count). The van der Waals surface area contributed by atoms with E-state index < -0.39 is 30.2 Å². The summed E-state index contributed by atoms with van der Waals surface area (Å²) in [5.41, 5.74) is 4.46. The predicted molar refractivity (Wildman–Crippen MR) is 127 cm³/mol. The molecule has 1 atom stereocenters. The topological polar surface area (TPSA) is 143 Å². The second kappa shape index (κ2) is 12.2. The summed E-state index contributed by atoms with van der Waals surface area (Å²) >= 11 is 0. The average molecular weight is 482 g/mol.